The van der Waals surface area contributed by atoms with Gasteiger partial charge in [-0.15, -0.1) is 0 Å². The van der Waals surface area contributed by atoms with Crippen molar-refractivity contribution >= 4 is 11.8 Å². The van der Waals surface area contributed by atoms with Gasteiger partial charge in [0, 0.05) is 26.2 Å². The normalized spacial score (nSPS) is 10.6. The quantitative estimate of drug-likeness (QED) is 0.764. The van der Waals surface area contributed by atoms with Crippen molar-refractivity contribution in [1.82, 2.24) is 14.9 Å². The van der Waals surface area contributed by atoms with Crippen LogP contribution in [-0.2, 0) is 0 Å². The van der Waals surface area contributed by atoms with Crippen LogP contribution >= 0.6 is 0 Å². The lowest BCUT2D eigenvalue weighted by atomic mass is 10.4. The minimum atomic E-state index is 0.228. The Labute approximate surface area is 96.0 Å². The van der Waals surface area contributed by atoms with Gasteiger partial charge in [-0.3, -0.25) is 0 Å². The molecule has 1 rings (SSSR count). The molecule has 6 nitrogen and oxygen atoms in total. The maximum absolute atomic E-state index is 5.59. The molecule has 0 aliphatic heterocycles. The highest BCUT2D eigenvalue weighted by Gasteiger charge is 2.07. The maximum atomic E-state index is 5.59. The van der Waals surface area contributed by atoms with Crippen molar-refractivity contribution in [3.8, 4) is 5.88 Å². The summed E-state index contributed by atoms with van der Waals surface area (Å²) in [6.07, 6.45) is 0. The van der Waals surface area contributed by atoms with Gasteiger partial charge in [-0.25, -0.2) is 0 Å². The smallest absolute Gasteiger partial charge is 0.225 e. The summed E-state index contributed by atoms with van der Waals surface area (Å²) >= 11 is 0. The average molecular weight is 225 g/mol. The third kappa shape index (κ3) is 3.54. The summed E-state index contributed by atoms with van der Waals surface area (Å²) in [7, 11) is 7.58. The van der Waals surface area contributed by atoms with Crippen LogP contribution in [-0.4, -0.2) is 56.2 Å². The molecule has 90 valence electrons. The molecule has 1 aromatic heterocycles. The number of rotatable bonds is 5. The van der Waals surface area contributed by atoms with Crippen molar-refractivity contribution in [2.75, 3.05) is 52.0 Å². The molecule has 0 unspecified atom stereocenters. The third-order valence-electron chi connectivity index (χ3n) is 2.19. The Bertz CT molecular complexity index is 342. The van der Waals surface area contributed by atoms with Crippen LogP contribution in [0.25, 0.3) is 0 Å². The van der Waals surface area contributed by atoms with Gasteiger partial charge in [0.1, 0.15) is 5.82 Å². The molecule has 0 aromatic carbocycles. The van der Waals surface area contributed by atoms with Gasteiger partial charge in [0.2, 0.25) is 11.8 Å². The van der Waals surface area contributed by atoms with Crippen molar-refractivity contribution < 1.29 is 4.74 Å². The molecule has 0 aliphatic rings. The third-order valence-corrected chi connectivity index (χ3v) is 2.19. The SMILES string of the molecule is COc1cc(N(C)CCN(C)C)nc(N)n1. The van der Waals surface area contributed by atoms with Crippen LogP contribution in [0.1, 0.15) is 0 Å². The van der Waals surface area contributed by atoms with Crippen LogP contribution in [0.3, 0.4) is 0 Å². The summed E-state index contributed by atoms with van der Waals surface area (Å²) in [5, 5.41) is 0. The number of nitrogen functional groups attached to an aromatic ring is 1. The molecule has 6 heteroatoms. The van der Waals surface area contributed by atoms with Crippen LogP contribution in [0.4, 0.5) is 11.8 Å². The predicted octanol–water partition coefficient (Wildman–Crippen LogP) is 0.0652. The van der Waals surface area contributed by atoms with Gasteiger partial charge in [-0.05, 0) is 14.1 Å². The van der Waals surface area contributed by atoms with Gasteiger partial charge in [-0.1, -0.05) is 0 Å². The van der Waals surface area contributed by atoms with Gasteiger partial charge in [-0.2, -0.15) is 9.97 Å². The number of ether oxygens (including phenoxy) is 1. The summed E-state index contributed by atoms with van der Waals surface area (Å²) in [5.41, 5.74) is 5.59. The van der Waals surface area contributed by atoms with E-state index in [4.69, 9.17) is 10.5 Å². The second-order valence-corrected chi connectivity index (χ2v) is 3.85. The van der Waals surface area contributed by atoms with Gasteiger partial charge in [0.25, 0.3) is 0 Å². The monoisotopic (exact) mass is 225 g/mol. The molecule has 0 atom stereocenters. The van der Waals surface area contributed by atoms with Crippen LogP contribution < -0.4 is 15.4 Å². The summed E-state index contributed by atoms with van der Waals surface area (Å²) in [6.45, 7) is 1.81. The van der Waals surface area contributed by atoms with Crippen LogP contribution in [0, 0.1) is 0 Å². The number of hydrogen-bond donors (Lipinski definition) is 1. The number of likely N-dealkylation sites (N-methyl/N-ethyl adjacent to an activating group) is 2. The highest BCUT2D eigenvalue weighted by Crippen LogP contribution is 2.16. The number of nitrogens with two attached hydrogens (primary N) is 1. The van der Waals surface area contributed by atoms with Gasteiger partial charge in [0.15, 0.2) is 0 Å². The lowest BCUT2D eigenvalue weighted by Gasteiger charge is -2.20. The number of nitrogens with zero attached hydrogens (tertiary/aromatic N) is 4. The van der Waals surface area contributed by atoms with Crippen molar-refractivity contribution in [2.24, 2.45) is 0 Å². The van der Waals surface area contributed by atoms with Gasteiger partial charge in [0.05, 0.1) is 7.11 Å². The highest BCUT2D eigenvalue weighted by molar-refractivity contribution is 5.44. The second-order valence-electron chi connectivity index (χ2n) is 3.85. The molecular formula is C10H19N5O. The van der Waals surface area contributed by atoms with Crippen molar-refractivity contribution in [3.05, 3.63) is 6.07 Å². The zero-order valence-corrected chi connectivity index (χ0v) is 10.3. The molecular weight excluding hydrogens is 206 g/mol. The van der Waals surface area contributed by atoms with E-state index in [1.807, 2.05) is 26.0 Å². The molecule has 0 spiro atoms. The molecule has 2 N–H and O–H groups in total. The van der Waals surface area contributed by atoms with E-state index in [0.717, 1.165) is 18.9 Å². The molecule has 1 heterocycles. The van der Waals surface area contributed by atoms with E-state index < -0.39 is 0 Å². The summed E-state index contributed by atoms with van der Waals surface area (Å²) in [4.78, 5) is 12.2. The van der Waals surface area contributed by atoms with E-state index in [9.17, 15) is 0 Å². The summed E-state index contributed by atoms with van der Waals surface area (Å²) in [5.74, 6) is 1.48. The van der Waals surface area contributed by atoms with E-state index in [0.29, 0.717) is 5.88 Å². The Morgan fingerprint density at radius 1 is 1.25 bits per heavy atom. The first-order valence-corrected chi connectivity index (χ1v) is 5.07. The number of anilines is 2. The maximum Gasteiger partial charge on any atom is 0.225 e. The average Bonchev–Trinajstić information content (AvgIpc) is 2.24. The van der Waals surface area contributed by atoms with Gasteiger partial charge < -0.3 is 20.3 Å². The number of aromatic nitrogens is 2. The first-order valence-electron chi connectivity index (χ1n) is 5.07. The fourth-order valence-corrected chi connectivity index (χ4v) is 1.19. The largest absolute Gasteiger partial charge is 0.481 e. The molecule has 0 saturated heterocycles. The lowest BCUT2D eigenvalue weighted by Crippen LogP contribution is -2.29. The van der Waals surface area contributed by atoms with E-state index in [2.05, 4.69) is 14.9 Å². The molecule has 0 radical (unpaired) electrons. The molecule has 0 aliphatic carbocycles. The minimum absolute atomic E-state index is 0.228. The Kier molecular flexibility index (Phi) is 4.30. The van der Waals surface area contributed by atoms with Crippen LogP contribution in [0.2, 0.25) is 0 Å². The minimum Gasteiger partial charge on any atom is -0.481 e. The molecule has 1 aromatic rings. The summed E-state index contributed by atoms with van der Waals surface area (Å²) in [6, 6.07) is 1.77. The molecule has 0 fully saturated rings. The number of hydrogen-bond acceptors (Lipinski definition) is 6. The Hall–Kier alpha value is -1.56. The topological polar surface area (TPSA) is 67.5 Å². The van der Waals surface area contributed by atoms with Crippen molar-refractivity contribution in [3.63, 3.8) is 0 Å². The molecule has 0 saturated carbocycles. The van der Waals surface area contributed by atoms with Crippen LogP contribution in [0.15, 0.2) is 6.07 Å². The highest BCUT2D eigenvalue weighted by atomic mass is 16.5. The van der Waals surface area contributed by atoms with Gasteiger partial charge >= 0.3 is 0 Å². The number of methoxy groups -OCH3 is 1. The van der Waals surface area contributed by atoms with E-state index in [-0.39, 0.29) is 5.95 Å². The van der Waals surface area contributed by atoms with Crippen molar-refractivity contribution in [1.29, 1.82) is 0 Å². The Morgan fingerprint density at radius 2 is 1.94 bits per heavy atom. The molecule has 0 amide bonds. The zero-order valence-electron chi connectivity index (χ0n) is 10.3. The van der Waals surface area contributed by atoms with E-state index in [1.165, 1.54) is 0 Å². The summed E-state index contributed by atoms with van der Waals surface area (Å²) < 4.78 is 5.04. The zero-order chi connectivity index (χ0) is 12.1. The second kappa shape index (κ2) is 5.50. The molecule has 0 bridgehead atoms. The predicted molar refractivity (Wildman–Crippen MR) is 64.8 cm³/mol. The van der Waals surface area contributed by atoms with E-state index >= 15 is 0 Å². The fraction of sp³-hybridized carbons (Fsp3) is 0.600. The first kappa shape index (κ1) is 12.5. The molecule has 16 heavy (non-hydrogen) atoms. The van der Waals surface area contributed by atoms with Crippen LogP contribution in [0.5, 0.6) is 5.88 Å². The Morgan fingerprint density at radius 3 is 2.50 bits per heavy atom. The Balaban J connectivity index is 2.74. The van der Waals surface area contributed by atoms with Crippen molar-refractivity contribution in [2.45, 2.75) is 0 Å². The fourth-order valence-electron chi connectivity index (χ4n) is 1.19. The lowest BCUT2D eigenvalue weighted by molar-refractivity contribution is 0.397. The standard InChI is InChI=1S/C10H19N5O/c1-14(2)5-6-15(3)8-7-9(16-4)13-10(11)12-8/h7H,5-6H2,1-4H3,(H2,11,12,13). The first-order chi connectivity index (χ1) is 7.52. The van der Waals surface area contributed by atoms with E-state index in [1.54, 1.807) is 13.2 Å².